The molecule has 0 radical (unpaired) electrons. The van der Waals surface area contributed by atoms with Crippen molar-refractivity contribution in [3.63, 3.8) is 0 Å². The lowest BCUT2D eigenvalue weighted by Crippen LogP contribution is -2.53. The van der Waals surface area contributed by atoms with Gasteiger partial charge < -0.3 is 5.11 Å². The van der Waals surface area contributed by atoms with Crippen LogP contribution in [0.15, 0.2) is 33.9 Å². The van der Waals surface area contributed by atoms with Crippen LogP contribution in [0.25, 0.3) is 6.08 Å². The van der Waals surface area contributed by atoms with Crippen molar-refractivity contribution < 1.29 is 19.5 Å². The highest BCUT2D eigenvalue weighted by atomic mass is 32.2. The van der Waals surface area contributed by atoms with Crippen LogP contribution in [-0.2, 0) is 14.4 Å². The van der Waals surface area contributed by atoms with Crippen molar-refractivity contribution in [3.05, 3.63) is 35.2 Å². The van der Waals surface area contributed by atoms with Crippen molar-refractivity contribution in [3.8, 4) is 0 Å². The van der Waals surface area contributed by atoms with Gasteiger partial charge in [-0.05, 0) is 35.3 Å². The zero-order valence-electron chi connectivity index (χ0n) is 11.8. The molecule has 0 saturated carbocycles. The van der Waals surface area contributed by atoms with Gasteiger partial charge in [-0.15, -0.1) is 29.7 Å². The van der Waals surface area contributed by atoms with E-state index in [4.69, 9.17) is 17.3 Å². The van der Waals surface area contributed by atoms with Crippen LogP contribution in [0, 0.1) is 0 Å². The lowest BCUT2D eigenvalue weighted by atomic mass is 10.1. The van der Waals surface area contributed by atoms with E-state index >= 15 is 0 Å². The summed E-state index contributed by atoms with van der Waals surface area (Å²) < 4.78 is 0.726. The average Bonchev–Trinajstić information content (AvgIpc) is 2.93. The molecular weight excluding hydrogens is 356 g/mol. The van der Waals surface area contributed by atoms with E-state index < -0.39 is 17.8 Å². The Bertz CT molecular complexity index is 723. The molecule has 0 spiro atoms. The minimum absolute atomic E-state index is 0.0443. The van der Waals surface area contributed by atoms with E-state index in [9.17, 15) is 14.4 Å². The van der Waals surface area contributed by atoms with Crippen LogP contribution in [0.2, 0.25) is 0 Å². The first kappa shape index (κ1) is 17.4. The van der Waals surface area contributed by atoms with E-state index in [-0.39, 0.29) is 23.0 Å². The van der Waals surface area contributed by atoms with Crippen LogP contribution in [0.1, 0.15) is 5.56 Å². The maximum atomic E-state index is 12.4. The van der Waals surface area contributed by atoms with Gasteiger partial charge in [-0.3, -0.25) is 24.6 Å². The number of aliphatic carboxylic acids is 1. The molecule has 2 N–H and O–H groups in total. The Kier molecular flexibility index (Phi) is 5.69. The molecule has 23 heavy (non-hydrogen) atoms. The van der Waals surface area contributed by atoms with Gasteiger partial charge in [0, 0.05) is 6.54 Å². The highest BCUT2D eigenvalue weighted by Crippen LogP contribution is 2.31. The highest BCUT2D eigenvalue weighted by molar-refractivity contribution is 8.01. The average molecular weight is 368 g/mol. The van der Waals surface area contributed by atoms with Crippen molar-refractivity contribution >= 4 is 64.3 Å². The van der Waals surface area contributed by atoms with Crippen molar-refractivity contribution in [1.82, 2.24) is 10.2 Å². The molecule has 1 fully saturated rings. The van der Waals surface area contributed by atoms with Gasteiger partial charge in [0.2, 0.25) is 0 Å². The molecule has 0 atom stereocenters. The molecule has 1 aromatic rings. The van der Waals surface area contributed by atoms with E-state index in [1.165, 1.54) is 28.4 Å². The number of thiophene rings is 1. The molecule has 6 nitrogen and oxygen atoms in total. The Labute approximate surface area is 145 Å². The third kappa shape index (κ3) is 4.06. The maximum Gasteiger partial charge on any atom is 0.313 e. The molecule has 0 unspecified atom stereocenters. The van der Waals surface area contributed by atoms with E-state index in [2.05, 4.69) is 11.9 Å². The number of thiocarbonyl (C=S) groups is 1. The minimum Gasteiger partial charge on any atom is -0.481 e. The molecule has 1 aliphatic rings. The van der Waals surface area contributed by atoms with E-state index in [1.807, 2.05) is 0 Å². The smallest absolute Gasteiger partial charge is 0.313 e. The van der Waals surface area contributed by atoms with E-state index in [0.717, 1.165) is 16.0 Å². The van der Waals surface area contributed by atoms with Crippen LogP contribution >= 0.6 is 35.3 Å². The summed E-state index contributed by atoms with van der Waals surface area (Å²) in [7, 11) is 0. The minimum atomic E-state index is -0.934. The van der Waals surface area contributed by atoms with Crippen molar-refractivity contribution in [2.45, 2.75) is 4.21 Å². The van der Waals surface area contributed by atoms with Crippen LogP contribution in [0.5, 0.6) is 0 Å². The summed E-state index contributed by atoms with van der Waals surface area (Å²) in [6, 6.07) is 1.73. The second kappa shape index (κ2) is 7.53. The van der Waals surface area contributed by atoms with Crippen LogP contribution in [-0.4, -0.2) is 45.2 Å². The molecule has 1 saturated heterocycles. The highest BCUT2D eigenvalue weighted by Gasteiger charge is 2.32. The summed E-state index contributed by atoms with van der Waals surface area (Å²) in [5, 5.41) is 13.0. The topological polar surface area (TPSA) is 86.7 Å². The van der Waals surface area contributed by atoms with Gasteiger partial charge in [0.05, 0.1) is 9.96 Å². The summed E-state index contributed by atoms with van der Waals surface area (Å²) in [6.45, 7) is 3.75. The quantitative estimate of drug-likeness (QED) is 0.261. The number of thioether (sulfide) groups is 1. The molecule has 0 bridgehead atoms. The van der Waals surface area contributed by atoms with Gasteiger partial charge >= 0.3 is 5.97 Å². The van der Waals surface area contributed by atoms with Crippen molar-refractivity contribution in [2.24, 2.45) is 0 Å². The number of rotatable bonds is 6. The predicted octanol–water partition coefficient (Wildman–Crippen LogP) is 1.74. The number of carbonyl (C=O) groups is 3. The van der Waals surface area contributed by atoms with Crippen LogP contribution < -0.4 is 5.32 Å². The molecule has 120 valence electrons. The van der Waals surface area contributed by atoms with Gasteiger partial charge in [0.1, 0.15) is 5.57 Å². The SMILES string of the molecule is C=CCN1C(=O)C(=Cc2ccsc2SCC(=O)O)C(=O)NC1=S. The summed E-state index contributed by atoms with van der Waals surface area (Å²) >= 11 is 7.47. The Morgan fingerprint density at radius 1 is 1.52 bits per heavy atom. The number of carboxylic acids is 1. The first-order valence-corrected chi connectivity index (χ1v) is 8.63. The van der Waals surface area contributed by atoms with Gasteiger partial charge in [-0.1, -0.05) is 6.08 Å². The predicted molar refractivity (Wildman–Crippen MR) is 93.3 cm³/mol. The second-order valence-corrected chi connectivity index (χ2v) is 6.91. The number of carbonyl (C=O) groups excluding carboxylic acids is 2. The Morgan fingerprint density at radius 2 is 2.26 bits per heavy atom. The summed E-state index contributed by atoms with van der Waals surface area (Å²) in [5.74, 6) is -2.10. The molecule has 9 heteroatoms. The zero-order valence-corrected chi connectivity index (χ0v) is 14.2. The second-order valence-electron chi connectivity index (χ2n) is 4.37. The fourth-order valence-electron chi connectivity index (χ4n) is 1.80. The number of carboxylic acid groups (broad SMARTS) is 1. The first-order valence-electron chi connectivity index (χ1n) is 6.36. The number of hydrogen-bond acceptors (Lipinski definition) is 6. The fourth-order valence-corrected chi connectivity index (χ4v) is 3.82. The summed E-state index contributed by atoms with van der Waals surface area (Å²) in [6.07, 6.45) is 2.97. The number of amides is 2. The molecule has 0 aliphatic carbocycles. The third-order valence-corrected chi connectivity index (χ3v) is 5.36. The normalized spacial score (nSPS) is 16.6. The summed E-state index contributed by atoms with van der Waals surface area (Å²) in [4.78, 5) is 36.3. The number of hydrogen-bond donors (Lipinski definition) is 2. The van der Waals surface area contributed by atoms with E-state index in [0.29, 0.717) is 5.56 Å². The van der Waals surface area contributed by atoms with Gasteiger partial charge in [-0.25, -0.2) is 0 Å². The molecule has 2 rings (SSSR count). The standard InChI is InChI=1S/C14H12N2O4S3/c1-2-4-16-12(20)9(11(19)15-14(16)21)6-8-3-5-22-13(8)23-7-10(17)18/h2-3,5-6H,1,4,7H2,(H,17,18)(H,15,19,21). The van der Waals surface area contributed by atoms with Crippen LogP contribution in [0.4, 0.5) is 0 Å². The molecule has 2 heterocycles. The maximum absolute atomic E-state index is 12.4. The molecule has 2 amide bonds. The van der Waals surface area contributed by atoms with Crippen LogP contribution in [0.3, 0.4) is 0 Å². The van der Waals surface area contributed by atoms with Crippen molar-refractivity contribution in [2.75, 3.05) is 12.3 Å². The Morgan fingerprint density at radius 3 is 2.91 bits per heavy atom. The molecule has 0 aromatic carbocycles. The largest absolute Gasteiger partial charge is 0.481 e. The molecule has 1 aromatic heterocycles. The lowest BCUT2D eigenvalue weighted by molar-refractivity contribution is -0.134. The number of nitrogens with one attached hydrogen (secondary N) is 1. The Balaban J connectivity index is 2.30. The van der Waals surface area contributed by atoms with Gasteiger partial charge in [0.15, 0.2) is 5.11 Å². The molecule has 1 aliphatic heterocycles. The van der Waals surface area contributed by atoms with E-state index in [1.54, 1.807) is 11.4 Å². The number of nitrogens with zero attached hydrogens (tertiary/aromatic N) is 1. The molecular formula is C14H12N2O4S3. The van der Waals surface area contributed by atoms with Gasteiger partial charge in [-0.2, -0.15) is 0 Å². The lowest BCUT2D eigenvalue weighted by Gasteiger charge is -2.27. The van der Waals surface area contributed by atoms with Crippen molar-refractivity contribution in [1.29, 1.82) is 0 Å². The zero-order chi connectivity index (χ0) is 17.0. The first-order chi connectivity index (χ1) is 10.9. The van der Waals surface area contributed by atoms with Gasteiger partial charge in [0.25, 0.3) is 11.8 Å². The monoisotopic (exact) mass is 368 g/mol. The summed E-state index contributed by atoms with van der Waals surface area (Å²) in [5.41, 5.74) is 0.585. The Hall–Kier alpha value is -1.97. The third-order valence-electron chi connectivity index (χ3n) is 2.78. The fraction of sp³-hybridized carbons (Fsp3) is 0.143.